The quantitative estimate of drug-likeness (QED) is 0.749. The smallest absolute Gasteiger partial charge is 0.339 e. The molecule has 0 N–H and O–H groups in total. The lowest BCUT2D eigenvalue weighted by atomic mass is 10.1. The summed E-state index contributed by atoms with van der Waals surface area (Å²) in [6.45, 7) is 1.12. The van der Waals surface area contributed by atoms with Crippen LogP contribution in [0, 0.1) is 5.82 Å². The van der Waals surface area contributed by atoms with Crippen LogP contribution < -0.4 is 0 Å². The van der Waals surface area contributed by atoms with Crippen molar-refractivity contribution in [1.82, 2.24) is 9.80 Å². The summed E-state index contributed by atoms with van der Waals surface area (Å²) in [7, 11) is 0. The first-order valence-electron chi connectivity index (χ1n) is 8.73. The SMILES string of the molecule is O=C(Cc1cccc(C(F)(F)F)c1)N1CCN(C(=O)c2cccc(F)c2)CC1. The Bertz CT molecular complexity index is 875. The molecule has 2 aromatic rings. The molecule has 0 radical (unpaired) electrons. The number of benzene rings is 2. The van der Waals surface area contributed by atoms with E-state index in [1.54, 1.807) is 0 Å². The molecule has 2 amide bonds. The second-order valence-electron chi connectivity index (χ2n) is 6.56. The molecule has 0 unspecified atom stereocenters. The van der Waals surface area contributed by atoms with Gasteiger partial charge in [-0.05, 0) is 29.8 Å². The van der Waals surface area contributed by atoms with Crippen LogP contribution in [0.4, 0.5) is 17.6 Å². The molecule has 0 atom stereocenters. The Hall–Kier alpha value is -2.90. The van der Waals surface area contributed by atoms with Crippen molar-refractivity contribution >= 4 is 11.8 Å². The van der Waals surface area contributed by atoms with Crippen LogP contribution in [-0.4, -0.2) is 47.8 Å². The molecular weight excluding hydrogens is 376 g/mol. The Labute approximate surface area is 159 Å². The summed E-state index contributed by atoms with van der Waals surface area (Å²) in [6, 6.07) is 10.1. The van der Waals surface area contributed by atoms with Crippen molar-refractivity contribution in [3.63, 3.8) is 0 Å². The summed E-state index contributed by atoms with van der Waals surface area (Å²) in [5.41, 5.74) is -0.259. The summed E-state index contributed by atoms with van der Waals surface area (Å²) >= 11 is 0. The Morgan fingerprint density at radius 3 is 2.18 bits per heavy atom. The molecule has 1 aliphatic heterocycles. The molecule has 28 heavy (non-hydrogen) atoms. The maximum atomic E-state index is 13.3. The van der Waals surface area contributed by atoms with Gasteiger partial charge in [-0.15, -0.1) is 0 Å². The van der Waals surface area contributed by atoms with E-state index in [1.165, 1.54) is 40.1 Å². The average molecular weight is 394 g/mol. The Morgan fingerprint density at radius 2 is 1.54 bits per heavy atom. The highest BCUT2D eigenvalue weighted by Crippen LogP contribution is 2.29. The van der Waals surface area contributed by atoms with E-state index in [4.69, 9.17) is 0 Å². The van der Waals surface area contributed by atoms with Gasteiger partial charge in [-0.2, -0.15) is 13.2 Å². The van der Waals surface area contributed by atoms with Crippen LogP contribution in [0.3, 0.4) is 0 Å². The van der Waals surface area contributed by atoms with Crippen LogP contribution >= 0.6 is 0 Å². The molecule has 1 fully saturated rings. The van der Waals surface area contributed by atoms with Gasteiger partial charge in [0, 0.05) is 31.7 Å². The molecule has 0 bridgehead atoms. The Morgan fingerprint density at radius 1 is 0.893 bits per heavy atom. The van der Waals surface area contributed by atoms with Crippen LogP contribution in [-0.2, 0) is 17.4 Å². The van der Waals surface area contributed by atoms with Crippen molar-refractivity contribution < 1.29 is 27.2 Å². The van der Waals surface area contributed by atoms with Gasteiger partial charge in [0.05, 0.1) is 12.0 Å². The second-order valence-corrected chi connectivity index (χ2v) is 6.56. The van der Waals surface area contributed by atoms with Crippen LogP contribution in [0.25, 0.3) is 0 Å². The van der Waals surface area contributed by atoms with Gasteiger partial charge < -0.3 is 9.80 Å². The third kappa shape index (κ3) is 4.68. The van der Waals surface area contributed by atoms with E-state index >= 15 is 0 Å². The molecule has 148 valence electrons. The van der Waals surface area contributed by atoms with Gasteiger partial charge >= 0.3 is 6.18 Å². The lowest BCUT2D eigenvalue weighted by molar-refractivity contribution is -0.138. The predicted octanol–water partition coefficient (Wildman–Crippen LogP) is 3.37. The third-order valence-corrected chi connectivity index (χ3v) is 4.60. The molecule has 1 aliphatic rings. The first-order chi connectivity index (χ1) is 13.2. The lowest BCUT2D eigenvalue weighted by Crippen LogP contribution is -2.51. The topological polar surface area (TPSA) is 40.6 Å². The molecule has 1 heterocycles. The fraction of sp³-hybridized carbons (Fsp3) is 0.300. The molecule has 8 heteroatoms. The van der Waals surface area contributed by atoms with Gasteiger partial charge in [-0.1, -0.05) is 24.3 Å². The minimum Gasteiger partial charge on any atom is -0.339 e. The normalized spacial score (nSPS) is 14.9. The molecule has 0 spiro atoms. The fourth-order valence-electron chi connectivity index (χ4n) is 3.11. The van der Waals surface area contributed by atoms with Crippen molar-refractivity contribution in [3.05, 3.63) is 71.0 Å². The fourth-order valence-corrected chi connectivity index (χ4v) is 3.11. The Balaban J connectivity index is 1.58. The summed E-state index contributed by atoms with van der Waals surface area (Å²) < 4.78 is 51.6. The molecule has 2 aromatic carbocycles. The molecule has 0 saturated carbocycles. The van der Waals surface area contributed by atoms with Gasteiger partial charge in [0.25, 0.3) is 5.91 Å². The standard InChI is InChI=1S/C20H18F4N2O2/c21-17-6-2-4-15(13-17)19(28)26-9-7-25(8-10-26)18(27)12-14-3-1-5-16(11-14)20(22,23)24/h1-6,11,13H,7-10,12H2. The van der Waals surface area contributed by atoms with Crippen LogP contribution in [0.15, 0.2) is 48.5 Å². The van der Waals surface area contributed by atoms with Crippen LogP contribution in [0.1, 0.15) is 21.5 Å². The largest absolute Gasteiger partial charge is 0.416 e. The van der Waals surface area contributed by atoms with Gasteiger partial charge in [0.2, 0.25) is 5.91 Å². The summed E-state index contributed by atoms with van der Waals surface area (Å²) in [6.07, 6.45) is -4.59. The lowest BCUT2D eigenvalue weighted by Gasteiger charge is -2.35. The van der Waals surface area contributed by atoms with Crippen molar-refractivity contribution in [1.29, 1.82) is 0 Å². The number of rotatable bonds is 3. The van der Waals surface area contributed by atoms with Gasteiger partial charge in [0.1, 0.15) is 5.82 Å². The molecule has 3 rings (SSSR count). The van der Waals surface area contributed by atoms with Crippen LogP contribution in [0.2, 0.25) is 0 Å². The number of nitrogens with zero attached hydrogens (tertiary/aromatic N) is 2. The van der Waals surface area contributed by atoms with Crippen molar-refractivity contribution in [2.75, 3.05) is 26.2 Å². The van der Waals surface area contributed by atoms with Crippen LogP contribution in [0.5, 0.6) is 0 Å². The molecule has 0 aliphatic carbocycles. The highest BCUT2D eigenvalue weighted by molar-refractivity contribution is 5.94. The minimum absolute atomic E-state index is 0.137. The monoisotopic (exact) mass is 394 g/mol. The average Bonchev–Trinajstić information content (AvgIpc) is 2.67. The number of carbonyl (C=O) groups is 2. The van der Waals surface area contributed by atoms with E-state index < -0.39 is 17.6 Å². The van der Waals surface area contributed by atoms with Crippen molar-refractivity contribution in [2.24, 2.45) is 0 Å². The Kier molecular flexibility index (Phi) is 5.67. The zero-order valence-electron chi connectivity index (χ0n) is 14.9. The highest BCUT2D eigenvalue weighted by atomic mass is 19.4. The zero-order chi connectivity index (χ0) is 20.3. The predicted molar refractivity (Wildman–Crippen MR) is 94.0 cm³/mol. The number of hydrogen-bond donors (Lipinski definition) is 0. The molecule has 1 saturated heterocycles. The first-order valence-corrected chi connectivity index (χ1v) is 8.73. The van der Waals surface area contributed by atoms with E-state index in [0.29, 0.717) is 0 Å². The number of hydrogen-bond acceptors (Lipinski definition) is 2. The number of carbonyl (C=O) groups excluding carboxylic acids is 2. The highest BCUT2D eigenvalue weighted by Gasteiger charge is 2.31. The first kappa shape index (κ1) is 19.9. The number of piperazine rings is 1. The number of amides is 2. The molecule has 4 nitrogen and oxygen atoms in total. The van der Waals surface area contributed by atoms with E-state index in [-0.39, 0.29) is 55.5 Å². The van der Waals surface area contributed by atoms with E-state index in [2.05, 4.69) is 0 Å². The molecular formula is C20H18F4N2O2. The van der Waals surface area contributed by atoms with Gasteiger partial charge in [0.15, 0.2) is 0 Å². The second kappa shape index (κ2) is 8.00. The minimum atomic E-state index is -4.46. The third-order valence-electron chi connectivity index (χ3n) is 4.60. The number of halogens is 4. The van der Waals surface area contributed by atoms with E-state index in [1.807, 2.05) is 0 Å². The van der Waals surface area contributed by atoms with Gasteiger partial charge in [-0.3, -0.25) is 9.59 Å². The summed E-state index contributed by atoms with van der Waals surface area (Å²) in [4.78, 5) is 27.9. The maximum Gasteiger partial charge on any atom is 0.416 e. The molecule has 0 aromatic heterocycles. The van der Waals surface area contributed by atoms with E-state index in [0.717, 1.165) is 18.2 Å². The summed E-state index contributed by atoms with van der Waals surface area (Å²) in [5.74, 6) is -1.11. The van der Waals surface area contributed by atoms with Crippen molar-refractivity contribution in [3.8, 4) is 0 Å². The maximum absolute atomic E-state index is 13.3. The zero-order valence-corrected chi connectivity index (χ0v) is 14.9. The summed E-state index contributed by atoms with van der Waals surface area (Å²) in [5, 5.41) is 0. The van der Waals surface area contributed by atoms with Gasteiger partial charge in [-0.25, -0.2) is 4.39 Å². The number of alkyl halides is 3. The van der Waals surface area contributed by atoms with E-state index in [9.17, 15) is 27.2 Å². The van der Waals surface area contributed by atoms with Crippen molar-refractivity contribution in [2.45, 2.75) is 12.6 Å².